The number of benzene rings is 2. The molecule has 34 heavy (non-hydrogen) atoms. The molecule has 2 aromatic carbocycles. The lowest BCUT2D eigenvalue weighted by molar-refractivity contribution is -0.115. The molecule has 1 aliphatic carbocycles. The molecule has 4 aromatic rings. The van der Waals surface area contributed by atoms with E-state index in [1.165, 1.54) is 29.7 Å². The van der Waals surface area contributed by atoms with Crippen LogP contribution in [0.3, 0.4) is 0 Å². The first-order chi connectivity index (χ1) is 16.4. The third kappa shape index (κ3) is 4.52. The summed E-state index contributed by atoms with van der Waals surface area (Å²) in [7, 11) is 0. The number of hydrogen-bond donors (Lipinski definition) is 0. The summed E-state index contributed by atoms with van der Waals surface area (Å²) in [5.41, 5.74) is 6.26. The van der Waals surface area contributed by atoms with Gasteiger partial charge in [-0.1, -0.05) is 47.7 Å². The molecule has 0 atom stereocenters. The second-order valence-electron chi connectivity index (χ2n) is 8.80. The smallest absolute Gasteiger partial charge is 0.230 e. The van der Waals surface area contributed by atoms with Gasteiger partial charge in [0.05, 0.1) is 11.4 Å². The lowest BCUT2D eigenvalue weighted by Gasteiger charge is -2.23. The maximum absolute atomic E-state index is 12.7. The van der Waals surface area contributed by atoms with Crippen molar-refractivity contribution < 1.29 is 4.79 Å². The molecule has 0 bridgehead atoms. The zero-order chi connectivity index (χ0) is 23.8. The van der Waals surface area contributed by atoms with Gasteiger partial charge < -0.3 is 0 Å². The molecule has 2 heterocycles. The Bertz CT molecular complexity index is 1320. The molecule has 2 aromatic heterocycles. The third-order valence-corrected chi connectivity index (χ3v) is 7.71. The van der Waals surface area contributed by atoms with Gasteiger partial charge in [0.2, 0.25) is 5.91 Å². The summed E-state index contributed by atoms with van der Waals surface area (Å²) in [4.78, 5) is 19.2. The van der Waals surface area contributed by atoms with Crippen LogP contribution in [0.1, 0.15) is 53.9 Å². The fraction of sp³-hybridized carbons (Fsp3) is 0.308. The number of aromatic nitrogens is 4. The molecule has 0 aliphatic heterocycles. The number of amides is 1. The zero-order valence-electron chi connectivity index (χ0n) is 19.8. The second-order valence-corrected chi connectivity index (χ2v) is 10.6. The van der Waals surface area contributed by atoms with Crippen molar-refractivity contribution in [3.63, 3.8) is 0 Å². The van der Waals surface area contributed by atoms with Gasteiger partial charge in [0, 0.05) is 29.7 Å². The molecule has 0 saturated heterocycles. The van der Waals surface area contributed by atoms with Gasteiger partial charge in [0.25, 0.3) is 0 Å². The first kappa shape index (κ1) is 22.8. The lowest BCUT2D eigenvalue weighted by atomic mass is 10.0. The first-order valence-corrected chi connectivity index (χ1v) is 13.3. The standard InChI is InChI=1S/C26H27N5OS2/c1-16-12-17(2)23(18(3)13-16)30(19(4)32)25-27-21(14-33-25)15-34-26-29-28-24(20-10-11-20)31(26)22-8-6-5-7-9-22/h5-9,12-14,20H,10-11,15H2,1-4H3. The molecule has 0 N–H and O–H groups in total. The highest BCUT2D eigenvalue weighted by Crippen LogP contribution is 2.41. The van der Waals surface area contributed by atoms with E-state index in [1.54, 1.807) is 23.6 Å². The van der Waals surface area contributed by atoms with Gasteiger partial charge in [-0.3, -0.25) is 14.3 Å². The number of para-hydroxylation sites is 1. The molecule has 8 heteroatoms. The Morgan fingerprint density at radius 1 is 1.12 bits per heavy atom. The highest BCUT2D eigenvalue weighted by Gasteiger charge is 2.31. The number of rotatable bonds is 7. The van der Waals surface area contributed by atoms with Crippen molar-refractivity contribution in [3.05, 3.63) is 76.1 Å². The van der Waals surface area contributed by atoms with Crippen LogP contribution in [0.2, 0.25) is 0 Å². The molecule has 1 aliphatic rings. The van der Waals surface area contributed by atoms with E-state index in [4.69, 9.17) is 4.98 Å². The van der Waals surface area contributed by atoms with Gasteiger partial charge in [-0.05, 0) is 56.9 Å². The van der Waals surface area contributed by atoms with E-state index in [0.29, 0.717) is 16.8 Å². The topological polar surface area (TPSA) is 63.9 Å². The lowest BCUT2D eigenvalue weighted by Crippen LogP contribution is -2.24. The Kier molecular flexibility index (Phi) is 6.27. The van der Waals surface area contributed by atoms with E-state index in [1.807, 2.05) is 37.4 Å². The van der Waals surface area contributed by atoms with Gasteiger partial charge in [-0.2, -0.15) is 0 Å². The fourth-order valence-corrected chi connectivity index (χ4v) is 6.15. The Morgan fingerprint density at radius 2 is 1.82 bits per heavy atom. The molecule has 6 nitrogen and oxygen atoms in total. The summed E-state index contributed by atoms with van der Waals surface area (Å²) in [6, 6.07) is 14.5. The molecule has 174 valence electrons. The van der Waals surface area contributed by atoms with Gasteiger partial charge in [0.15, 0.2) is 10.3 Å². The molecule has 0 unspecified atom stereocenters. The quantitative estimate of drug-likeness (QED) is 0.277. The van der Waals surface area contributed by atoms with E-state index < -0.39 is 0 Å². The normalized spacial score (nSPS) is 13.3. The molecule has 1 amide bonds. The van der Waals surface area contributed by atoms with Crippen LogP contribution >= 0.6 is 23.1 Å². The van der Waals surface area contributed by atoms with Crippen LogP contribution in [0, 0.1) is 20.8 Å². The van der Waals surface area contributed by atoms with Crippen LogP contribution < -0.4 is 4.90 Å². The molecular formula is C26H27N5OS2. The van der Waals surface area contributed by atoms with E-state index >= 15 is 0 Å². The molecule has 0 radical (unpaired) electrons. The SMILES string of the molecule is CC(=O)N(c1nc(CSc2nnc(C3CC3)n2-c2ccccc2)cs1)c1c(C)cc(C)cc1C. The molecule has 0 spiro atoms. The fourth-order valence-electron chi connectivity index (χ4n) is 4.32. The summed E-state index contributed by atoms with van der Waals surface area (Å²) >= 11 is 3.12. The van der Waals surface area contributed by atoms with Gasteiger partial charge in [0.1, 0.15) is 5.82 Å². The number of carbonyl (C=O) groups excluding carboxylic acids is 1. The van der Waals surface area contributed by atoms with Gasteiger partial charge >= 0.3 is 0 Å². The number of aryl methyl sites for hydroxylation is 3. The van der Waals surface area contributed by atoms with E-state index in [0.717, 1.165) is 39.2 Å². The van der Waals surface area contributed by atoms with Crippen molar-refractivity contribution in [1.29, 1.82) is 0 Å². The van der Waals surface area contributed by atoms with Crippen LogP contribution in [-0.4, -0.2) is 25.7 Å². The van der Waals surface area contributed by atoms with Crippen LogP contribution in [0.15, 0.2) is 53.0 Å². The van der Waals surface area contributed by atoms with E-state index in [2.05, 4.69) is 46.0 Å². The summed E-state index contributed by atoms with van der Waals surface area (Å²) < 4.78 is 2.18. The highest BCUT2D eigenvalue weighted by atomic mass is 32.2. The zero-order valence-corrected chi connectivity index (χ0v) is 21.4. The average Bonchev–Trinajstić information content (AvgIpc) is 3.39. The predicted molar refractivity (Wildman–Crippen MR) is 138 cm³/mol. The monoisotopic (exact) mass is 489 g/mol. The van der Waals surface area contributed by atoms with Crippen molar-refractivity contribution >= 4 is 39.8 Å². The minimum absolute atomic E-state index is 0.0403. The van der Waals surface area contributed by atoms with Gasteiger partial charge in [-0.25, -0.2) is 4.98 Å². The van der Waals surface area contributed by atoms with Crippen LogP contribution in [0.4, 0.5) is 10.8 Å². The maximum atomic E-state index is 12.7. The van der Waals surface area contributed by atoms with Crippen molar-refractivity contribution in [2.45, 2.75) is 57.4 Å². The Hall–Kier alpha value is -2.97. The predicted octanol–water partition coefficient (Wildman–Crippen LogP) is 6.50. The Labute approximate surface area is 208 Å². The number of carbonyl (C=O) groups is 1. The van der Waals surface area contributed by atoms with E-state index in [-0.39, 0.29) is 5.91 Å². The van der Waals surface area contributed by atoms with Crippen molar-refractivity contribution in [3.8, 4) is 5.69 Å². The largest absolute Gasteiger partial charge is 0.274 e. The van der Waals surface area contributed by atoms with Gasteiger partial charge in [-0.15, -0.1) is 21.5 Å². The molecule has 1 fully saturated rings. The van der Waals surface area contributed by atoms with Crippen LogP contribution in [0.25, 0.3) is 5.69 Å². The summed E-state index contributed by atoms with van der Waals surface area (Å²) in [5.74, 6) is 2.16. The Balaban J connectivity index is 1.40. The number of thiazole rings is 1. The average molecular weight is 490 g/mol. The van der Waals surface area contributed by atoms with E-state index in [9.17, 15) is 4.79 Å². The summed E-state index contributed by atoms with van der Waals surface area (Å²) in [6.07, 6.45) is 2.34. The number of anilines is 2. The third-order valence-electron chi connectivity index (χ3n) is 5.87. The molecular weight excluding hydrogens is 462 g/mol. The summed E-state index contributed by atoms with van der Waals surface area (Å²) in [5, 5.41) is 12.6. The maximum Gasteiger partial charge on any atom is 0.230 e. The minimum Gasteiger partial charge on any atom is -0.274 e. The highest BCUT2D eigenvalue weighted by molar-refractivity contribution is 7.98. The van der Waals surface area contributed by atoms with Crippen LogP contribution in [0.5, 0.6) is 0 Å². The van der Waals surface area contributed by atoms with Crippen molar-refractivity contribution in [1.82, 2.24) is 19.7 Å². The number of hydrogen-bond acceptors (Lipinski definition) is 6. The first-order valence-electron chi connectivity index (χ1n) is 11.4. The van der Waals surface area contributed by atoms with Crippen molar-refractivity contribution in [2.75, 3.05) is 4.90 Å². The molecule has 5 rings (SSSR count). The number of thioether (sulfide) groups is 1. The minimum atomic E-state index is -0.0403. The number of nitrogens with zero attached hydrogens (tertiary/aromatic N) is 5. The Morgan fingerprint density at radius 3 is 2.47 bits per heavy atom. The summed E-state index contributed by atoms with van der Waals surface area (Å²) in [6.45, 7) is 7.76. The second kappa shape index (κ2) is 9.35. The van der Waals surface area contributed by atoms with Crippen LogP contribution in [-0.2, 0) is 10.5 Å². The molecule has 1 saturated carbocycles. The van der Waals surface area contributed by atoms with Crippen molar-refractivity contribution in [2.24, 2.45) is 0 Å².